The summed E-state index contributed by atoms with van der Waals surface area (Å²) in [6, 6.07) is 17.7. The fraction of sp³-hybridized carbons (Fsp3) is 0.500. The molecule has 0 heterocycles. The van der Waals surface area contributed by atoms with Crippen LogP contribution in [-0.4, -0.2) is 5.78 Å². The molecule has 2 aromatic rings. The summed E-state index contributed by atoms with van der Waals surface area (Å²) in [7, 11) is 0. The molecule has 31 heavy (non-hydrogen) atoms. The second-order valence-electron chi connectivity index (χ2n) is 8.58. The summed E-state index contributed by atoms with van der Waals surface area (Å²) >= 11 is 0. The molecule has 2 aromatic carbocycles. The van der Waals surface area contributed by atoms with Crippen LogP contribution in [0.2, 0.25) is 0 Å². The molecule has 0 N–H and O–H groups in total. The van der Waals surface area contributed by atoms with Gasteiger partial charge in [0.25, 0.3) is 0 Å². The van der Waals surface area contributed by atoms with Crippen molar-refractivity contribution in [1.82, 2.24) is 0 Å². The molecule has 0 aliphatic heterocycles. The van der Waals surface area contributed by atoms with E-state index in [1.54, 1.807) is 0 Å². The Bertz CT molecular complexity index is 794. The van der Waals surface area contributed by atoms with Gasteiger partial charge in [0.2, 0.25) is 0 Å². The molecule has 0 aliphatic carbocycles. The van der Waals surface area contributed by atoms with Crippen LogP contribution in [0.25, 0.3) is 0 Å². The van der Waals surface area contributed by atoms with Crippen molar-refractivity contribution in [1.29, 1.82) is 0 Å². The quantitative estimate of drug-likeness (QED) is 0.161. The van der Waals surface area contributed by atoms with Crippen LogP contribution in [0.4, 0.5) is 0 Å². The Morgan fingerprint density at radius 2 is 1.13 bits per heavy atom. The van der Waals surface area contributed by atoms with Crippen LogP contribution >= 0.6 is 0 Å². The third kappa shape index (κ3) is 11.0. The van der Waals surface area contributed by atoms with Crippen molar-refractivity contribution >= 4 is 5.78 Å². The fourth-order valence-electron chi connectivity index (χ4n) is 3.93. The van der Waals surface area contributed by atoms with Crippen molar-refractivity contribution < 1.29 is 4.79 Å². The maximum absolute atomic E-state index is 12.7. The lowest BCUT2D eigenvalue weighted by molar-refractivity contribution is 0.0979. The lowest BCUT2D eigenvalue weighted by Gasteiger charge is -2.05. The molecule has 2 rings (SSSR count). The molecule has 0 radical (unpaired) electrons. The molecule has 0 spiro atoms. The van der Waals surface area contributed by atoms with Crippen LogP contribution in [0, 0.1) is 11.8 Å². The molecule has 0 saturated heterocycles. The monoisotopic (exact) mass is 416 g/mol. The number of rotatable bonds is 15. The van der Waals surface area contributed by atoms with E-state index >= 15 is 0 Å². The average Bonchev–Trinajstić information content (AvgIpc) is 2.81. The van der Waals surface area contributed by atoms with Gasteiger partial charge in [-0.05, 0) is 24.6 Å². The van der Waals surface area contributed by atoms with Crippen molar-refractivity contribution in [2.24, 2.45) is 0 Å². The predicted octanol–water partition coefficient (Wildman–Crippen LogP) is 8.75. The molecule has 166 valence electrons. The summed E-state index contributed by atoms with van der Waals surface area (Å²) in [5.41, 5.74) is 2.58. The highest BCUT2D eigenvalue weighted by atomic mass is 16.1. The topological polar surface area (TPSA) is 17.1 Å². The number of Topliss-reactive ketones (excluding diaryl/α,β-unsaturated/α-hetero) is 1. The summed E-state index contributed by atoms with van der Waals surface area (Å²) in [6.07, 6.45) is 17.8. The second kappa shape index (κ2) is 16.4. The SMILES string of the molecule is CCCCCCCCCCCCCCCC(=O)c1ccccc1C#Cc1ccccc1. The van der Waals surface area contributed by atoms with Crippen LogP contribution < -0.4 is 0 Å². The summed E-state index contributed by atoms with van der Waals surface area (Å²) < 4.78 is 0. The van der Waals surface area contributed by atoms with Crippen molar-refractivity contribution in [3.05, 3.63) is 71.3 Å². The zero-order valence-electron chi connectivity index (χ0n) is 19.5. The van der Waals surface area contributed by atoms with E-state index in [0.717, 1.165) is 29.5 Å². The highest BCUT2D eigenvalue weighted by Gasteiger charge is 2.09. The summed E-state index contributed by atoms with van der Waals surface area (Å²) in [5.74, 6) is 6.58. The lowest BCUT2D eigenvalue weighted by atomic mass is 9.99. The number of unbranched alkanes of at least 4 members (excludes halogenated alkanes) is 12. The molecular formula is C30H40O. The molecule has 0 atom stereocenters. The Kier molecular flexibility index (Phi) is 13.2. The third-order valence-electron chi connectivity index (χ3n) is 5.85. The highest BCUT2D eigenvalue weighted by molar-refractivity contribution is 5.98. The number of carbonyl (C=O) groups is 1. The Hall–Kier alpha value is -2.33. The first-order chi connectivity index (χ1) is 15.3. The lowest BCUT2D eigenvalue weighted by Crippen LogP contribution is -2.02. The van der Waals surface area contributed by atoms with Gasteiger partial charge in [0.1, 0.15) is 0 Å². The standard InChI is InChI=1S/C30H40O/c1-2-3-4-5-6-7-8-9-10-11-12-13-17-24-30(31)29-23-19-18-22-28(29)26-25-27-20-15-14-16-21-27/h14-16,18-23H,2-13,17,24H2,1H3. The summed E-state index contributed by atoms with van der Waals surface area (Å²) in [6.45, 7) is 2.27. The van der Waals surface area contributed by atoms with E-state index in [2.05, 4.69) is 18.8 Å². The molecule has 0 fully saturated rings. The van der Waals surface area contributed by atoms with Gasteiger partial charge in [-0.1, -0.05) is 132 Å². The minimum atomic E-state index is 0.223. The zero-order chi connectivity index (χ0) is 22.0. The third-order valence-corrected chi connectivity index (χ3v) is 5.85. The van der Waals surface area contributed by atoms with Gasteiger partial charge < -0.3 is 0 Å². The van der Waals surface area contributed by atoms with E-state index in [1.165, 1.54) is 70.6 Å². The number of ketones is 1. The Morgan fingerprint density at radius 1 is 0.613 bits per heavy atom. The second-order valence-corrected chi connectivity index (χ2v) is 8.58. The van der Waals surface area contributed by atoms with Gasteiger partial charge in [0.15, 0.2) is 5.78 Å². The van der Waals surface area contributed by atoms with Gasteiger partial charge in [-0.15, -0.1) is 0 Å². The molecule has 1 nitrogen and oxygen atoms in total. The molecule has 0 aromatic heterocycles. The van der Waals surface area contributed by atoms with Gasteiger partial charge in [-0.2, -0.15) is 0 Å². The van der Waals surface area contributed by atoms with Gasteiger partial charge in [0.05, 0.1) is 0 Å². The normalized spacial score (nSPS) is 10.5. The van der Waals surface area contributed by atoms with E-state index < -0.39 is 0 Å². The molecule has 0 unspecified atom stereocenters. The summed E-state index contributed by atoms with van der Waals surface area (Å²) in [5, 5.41) is 0. The van der Waals surface area contributed by atoms with Gasteiger partial charge in [-0.25, -0.2) is 0 Å². The van der Waals surface area contributed by atoms with E-state index in [-0.39, 0.29) is 5.78 Å². The Morgan fingerprint density at radius 3 is 1.74 bits per heavy atom. The largest absolute Gasteiger partial charge is 0.294 e. The van der Waals surface area contributed by atoms with Crippen LogP contribution in [0.15, 0.2) is 54.6 Å². The van der Waals surface area contributed by atoms with Crippen molar-refractivity contribution in [2.45, 2.75) is 96.8 Å². The van der Waals surface area contributed by atoms with Crippen molar-refractivity contribution in [2.75, 3.05) is 0 Å². The van der Waals surface area contributed by atoms with E-state index in [9.17, 15) is 4.79 Å². The predicted molar refractivity (Wildman–Crippen MR) is 134 cm³/mol. The molecule has 1 heteroatoms. The number of benzene rings is 2. The van der Waals surface area contributed by atoms with Crippen LogP contribution in [-0.2, 0) is 0 Å². The van der Waals surface area contributed by atoms with E-state index in [1.807, 2.05) is 54.6 Å². The van der Waals surface area contributed by atoms with Gasteiger partial charge in [0, 0.05) is 23.1 Å². The number of hydrogen-bond acceptors (Lipinski definition) is 1. The molecule has 0 bridgehead atoms. The smallest absolute Gasteiger partial charge is 0.164 e. The van der Waals surface area contributed by atoms with Crippen molar-refractivity contribution in [3.63, 3.8) is 0 Å². The highest BCUT2D eigenvalue weighted by Crippen LogP contribution is 2.16. The minimum Gasteiger partial charge on any atom is -0.294 e. The first-order valence-electron chi connectivity index (χ1n) is 12.5. The molecule has 0 amide bonds. The zero-order valence-corrected chi connectivity index (χ0v) is 19.5. The van der Waals surface area contributed by atoms with E-state index in [4.69, 9.17) is 0 Å². The molecular weight excluding hydrogens is 376 g/mol. The van der Waals surface area contributed by atoms with E-state index in [0.29, 0.717) is 6.42 Å². The fourth-order valence-corrected chi connectivity index (χ4v) is 3.93. The first kappa shape index (κ1) is 24.9. The van der Waals surface area contributed by atoms with Gasteiger partial charge >= 0.3 is 0 Å². The number of carbonyl (C=O) groups excluding carboxylic acids is 1. The Labute approximate surface area is 190 Å². The van der Waals surface area contributed by atoms with Crippen LogP contribution in [0.3, 0.4) is 0 Å². The maximum atomic E-state index is 12.7. The van der Waals surface area contributed by atoms with Crippen LogP contribution in [0.5, 0.6) is 0 Å². The maximum Gasteiger partial charge on any atom is 0.164 e. The Balaban J connectivity index is 1.60. The number of hydrogen-bond donors (Lipinski definition) is 0. The average molecular weight is 417 g/mol. The molecule has 0 saturated carbocycles. The first-order valence-corrected chi connectivity index (χ1v) is 12.5. The van der Waals surface area contributed by atoms with Crippen LogP contribution in [0.1, 0.15) is 118 Å². The van der Waals surface area contributed by atoms with Gasteiger partial charge in [-0.3, -0.25) is 4.79 Å². The van der Waals surface area contributed by atoms with Crippen molar-refractivity contribution in [3.8, 4) is 11.8 Å². The summed E-state index contributed by atoms with van der Waals surface area (Å²) in [4.78, 5) is 12.7. The molecule has 0 aliphatic rings. The minimum absolute atomic E-state index is 0.223.